The van der Waals surface area contributed by atoms with E-state index < -0.39 is 17.5 Å². The van der Waals surface area contributed by atoms with Crippen molar-refractivity contribution in [3.63, 3.8) is 0 Å². The summed E-state index contributed by atoms with van der Waals surface area (Å²) in [4.78, 5) is 23.2. The molecule has 0 atom stereocenters. The zero-order chi connectivity index (χ0) is 14.6. The molecular formula is C16H14O4. The Hall–Kier alpha value is -2.46. The lowest BCUT2D eigenvalue weighted by Crippen LogP contribution is -2.39. The second-order valence-electron chi connectivity index (χ2n) is 4.32. The van der Waals surface area contributed by atoms with Crippen molar-refractivity contribution in [1.29, 1.82) is 0 Å². The van der Waals surface area contributed by atoms with Crippen molar-refractivity contribution in [1.82, 2.24) is 0 Å². The number of aliphatic hydroxyl groups is 1. The van der Waals surface area contributed by atoms with E-state index in [9.17, 15) is 14.7 Å². The monoisotopic (exact) mass is 270 g/mol. The van der Waals surface area contributed by atoms with E-state index in [4.69, 9.17) is 0 Å². The number of esters is 2. The van der Waals surface area contributed by atoms with E-state index in [1.807, 2.05) is 0 Å². The molecule has 102 valence electrons. The van der Waals surface area contributed by atoms with Gasteiger partial charge in [-0.15, -0.1) is 0 Å². The van der Waals surface area contributed by atoms with Crippen LogP contribution in [0.1, 0.15) is 18.1 Å². The van der Waals surface area contributed by atoms with Crippen LogP contribution in [0, 0.1) is 0 Å². The Bertz CT molecular complexity index is 565. The number of rotatable bonds is 3. The highest BCUT2D eigenvalue weighted by Crippen LogP contribution is 2.30. The number of carbonyl (C=O) groups excluding carboxylic acids is 2. The minimum atomic E-state index is -2.01. The predicted molar refractivity (Wildman–Crippen MR) is 72.7 cm³/mol. The third-order valence-corrected chi connectivity index (χ3v) is 2.91. The molecule has 0 fully saturated rings. The molecule has 2 aromatic rings. The van der Waals surface area contributed by atoms with Gasteiger partial charge in [-0.3, -0.25) is 4.79 Å². The summed E-state index contributed by atoms with van der Waals surface area (Å²) in [7, 11) is 0. The molecule has 4 nitrogen and oxygen atoms in total. The average Bonchev–Trinajstić information content (AvgIpc) is 2.47. The van der Waals surface area contributed by atoms with E-state index in [1.165, 1.54) is 0 Å². The molecule has 4 heteroatoms. The summed E-state index contributed by atoms with van der Waals surface area (Å²) in [6.45, 7) is 1.12. The van der Waals surface area contributed by atoms with Crippen molar-refractivity contribution in [2.45, 2.75) is 12.5 Å². The number of benzene rings is 2. The quantitative estimate of drug-likeness (QED) is 0.684. The Labute approximate surface area is 116 Å². The molecule has 0 unspecified atom stereocenters. The van der Waals surface area contributed by atoms with Gasteiger partial charge in [0.05, 0.1) is 0 Å². The van der Waals surface area contributed by atoms with Crippen LogP contribution in [0.2, 0.25) is 0 Å². The Kier molecular flexibility index (Phi) is 3.96. The van der Waals surface area contributed by atoms with Crippen molar-refractivity contribution >= 4 is 11.9 Å². The lowest BCUT2D eigenvalue weighted by Gasteiger charge is -2.26. The second kappa shape index (κ2) is 5.67. The van der Waals surface area contributed by atoms with E-state index in [0.29, 0.717) is 11.1 Å². The molecule has 0 saturated carbocycles. The Morgan fingerprint density at radius 3 is 1.65 bits per heavy atom. The van der Waals surface area contributed by atoms with Gasteiger partial charge in [0.25, 0.3) is 0 Å². The maximum absolute atomic E-state index is 12.2. The third-order valence-electron chi connectivity index (χ3n) is 2.91. The highest BCUT2D eigenvalue weighted by molar-refractivity contribution is 5.92. The molecule has 0 amide bonds. The van der Waals surface area contributed by atoms with Gasteiger partial charge in [0.15, 0.2) is 0 Å². The molecular weight excluding hydrogens is 256 g/mol. The first-order valence-electron chi connectivity index (χ1n) is 6.11. The van der Waals surface area contributed by atoms with Gasteiger partial charge < -0.3 is 9.84 Å². The molecule has 0 aliphatic carbocycles. The summed E-state index contributed by atoms with van der Waals surface area (Å²) in [5.74, 6) is -1.78. The van der Waals surface area contributed by atoms with Gasteiger partial charge in [-0.2, -0.15) is 0 Å². The molecule has 0 bridgehead atoms. The van der Waals surface area contributed by atoms with Crippen LogP contribution in [-0.2, 0) is 19.9 Å². The summed E-state index contributed by atoms with van der Waals surface area (Å²) >= 11 is 0. The minimum Gasteiger partial charge on any atom is -0.391 e. The van der Waals surface area contributed by atoms with Crippen molar-refractivity contribution in [2.24, 2.45) is 0 Å². The minimum absolute atomic E-state index is 0.345. The highest BCUT2D eigenvalue weighted by Gasteiger charge is 2.42. The van der Waals surface area contributed by atoms with Gasteiger partial charge in [0.1, 0.15) is 0 Å². The zero-order valence-corrected chi connectivity index (χ0v) is 10.9. The van der Waals surface area contributed by atoms with Gasteiger partial charge in [0, 0.05) is 6.92 Å². The van der Waals surface area contributed by atoms with Gasteiger partial charge in [-0.25, -0.2) is 4.79 Å². The summed E-state index contributed by atoms with van der Waals surface area (Å²) in [6, 6.07) is 16.8. The maximum atomic E-state index is 12.2. The largest absolute Gasteiger partial charge is 0.391 e. The number of ether oxygens (including phenoxy) is 1. The van der Waals surface area contributed by atoms with E-state index in [-0.39, 0.29) is 0 Å². The van der Waals surface area contributed by atoms with E-state index in [0.717, 1.165) is 6.92 Å². The first-order chi connectivity index (χ1) is 9.55. The third kappa shape index (κ3) is 2.60. The van der Waals surface area contributed by atoms with Crippen LogP contribution in [0.15, 0.2) is 60.7 Å². The van der Waals surface area contributed by atoms with Crippen LogP contribution in [0.5, 0.6) is 0 Å². The lowest BCUT2D eigenvalue weighted by molar-refractivity contribution is -0.170. The van der Waals surface area contributed by atoms with E-state index in [2.05, 4.69) is 4.74 Å². The SMILES string of the molecule is CC(=O)OC(=O)C(O)(c1ccccc1)c1ccccc1. The molecule has 0 heterocycles. The normalized spacial score (nSPS) is 10.9. The Balaban J connectivity index is 2.55. The molecule has 1 N–H and O–H groups in total. The molecule has 2 aromatic carbocycles. The van der Waals surface area contributed by atoms with Crippen LogP contribution in [0.3, 0.4) is 0 Å². The summed E-state index contributed by atoms with van der Waals surface area (Å²) in [5.41, 5.74) is -1.32. The van der Waals surface area contributed by atoms with Crippen LogP contribution in [-0.4, -0.2) is 17.0 Å². The number of hydrogen-bond acceptors (Lipinski definition) is 4. The first-order valence-corrected chi connectivity index (χ1v) is 6.11. The molecule has 2 rings (SSSR count). The predicted octanol–water partition coefficient (Wildman–Crippen LogP) is 2.01. The van der Waals surface area contributed by atoms with Gasteiger partial charge in [-0.05, 0) is 11.1 Å². The fraction of sp³-hybridized carbons (Fsp3) is 0.125. The topological polar surface area (TPSA) is 63.6 Å². The Morgan fingerprint density at radius 1 is 0.900 bits per heavy atom. The molecule has 0 aliphatic heterocycles. The maximum Gasteiger partial charge on any atom is 0.355 e. The highest BCUT2D eigenvalue weighted by atomic mass is 16.6. The number of hydrogen-bond donors (Lipinski definition) is 1. The van der Waals surface area contributed by atoms with Crippen molar-refractivity contribution < 1.29 is 19.4 Å². The van der Waals surface area contributed by atoms with Crippen molar-refractivity contribution in [2.75, 3.05) is 0 Å². The van der Waals surface area contributed by atoms with Crippen LogP contribution in [0.25, 0.3) is 0 Å². The molecule has 0 aromatic heterocycles. The first kappa shape index (κ1) is 14.0. The zero-order valence-electron chi connectivity index (χ0n) is 10.9. The molecule has 20 heavy (non-hydrogen) atoms. The second-order valence-corrected chi connectivity index (χ2v) is 4.32. The van der Waals surface area contributed by atoms with Crippen molar-refractivity contribution in [3.05, 3.63) is 71.8 Å². The molecule has 0 spiro atoms. The summed E-state index contributed by atoms with van der Waals surface area (Å²) in [5, 5.41) is 10.8. The van der Waals surface area contributed by atoms with Gasteiger partial charge >= 0.3 is 11.9 Å². The lowest BCUT2D eigenvalue weighted by atomic mass is 9.86. The number of carbonyl (C=O) groups is 2. The van der Waals surface area contributed by atoms with E-state index in [1.54, 1.807) is 60.7 Å². The standard InChI is InChI=1S/C16H14O4/c1-12(17)20-15(18)16(19,13-8-4-2-5-9-13)14-10-6-3-7-11-14/h2-11,19H,1H3. The van der Waals surface area contributed by atoms with Gasteiger partial charge in [0.2, 0.25) is 5.60 Å². The fourth-order valence-electron chi connectivity index (χ4n) is 1.97. The fourth-order valence-corrected chi connectivity index (χ4v) is 1.97. The average molecular weight is 270 g/mol. The van der Waals surface area contributed by atoms with Crippen LogP contribution < -0.4 is 0 Å². The van der Waals surface area contributed by atoms with E-state index >= 15 is 0 Å². The molecule has 0 saturated heterocycles. The van der Waals surface area contributed by atoms with Crippen molar-refractivity contribution in [3.8, 4) is 0 Å². The molecule has 0 aliphatic rings. The summed E-state index contributed by atoms with van der Waals surface area (Å²) < 4.78 is 4.60. The summed E-state index contributed by atoms with van der Waals surface area (Å²) in [6.07, 6.45) is 0. The van der Waals surface area contributed by atoms with Gasteiger partial charge in [-0.1, -0.05) is 60.7 Å². The Morgan fingerprint density at radius 2 is 1.30 bits per heavy atom. The van der Waals surface area contributed by atoms with Crippen LogP contribution >= 0.6 is 0 Å². The molecule has 0 radical (unpaired) electrons. The van der Waals surface area contributed by atoms with Crippen LogP contribution in [0.4, 0.5) is 0 Å². The smallest absolute Gasteiger partial charge is 0.355 e.